The number of amides is 1. The molecule has 0 aliphatic heterocycles. The van der Waals surface area contributed by atoms with Gasteiger partial charge in [0.05, 0.1) is 6.33 Å². The molecule has 0 saturated heterocycles. The maximum atomic E-state index is 12.2. The standard InChI is InChI=1S/C18H19N5O/c24-18(22-13-15-4-2-1-3-5-15)17-12-16(6-7-21-17)20-9-11-23-10-8-19-14-23/h1-8,10,12,14H,9,11,13H2,(H,20,21)(H,22,24). The number of carbonyl (C=O) groups excluding carboxylic acids is 1. The number of nitrogens with zero attached hydrogens (tertiary/aromatic N) is 3. The Balaban J connectivity index is 1.53. The van der Waals surface area contributed by atoms with Crippen LogP contribution in [0.1, 0.15) is 16.1 Å². The molecule has 0 aliphatic carbocycles. The molecule has 3 rings (SSSR count). The molecule has 2 N–H and O–H groups in total. The number of aromatic nitrogens is 3. The van der Waals surface area contributed by atoms with Crippen LogP contribution in [0.4, 0.5) is 5.69 Å². The molecule has 6 nitrogen and oxygen atoms in total. The molecule has 6 heteroatoms. The van der Waals surface area contributed by atoms with Gasteiger partial charge in [-0.15, -0.1) is 0 Å². The van der Waals surface area contributed by atoms with E-state index in [0.29, 0.717) is 12.2 Å². The molecular weight excluding hydrogens is 302 g/mol. The van der Waals surface area contributed by atoms with E-state index in [1.165, 1.54) is 0 Å². The monoisotopic (exact) mass is 321 g/mol. The Bertz CT molecular complexity index is 771. The van der Waals surface area contributed by atoms with Gasteiger partial charge in [-0.05, 0) is 17.7 Å². The summed E-state index contributed by atoms with van der Waals surface area (Å²) < 4.78 is 1.99. The van der Waals surface area contributed by atoms with Gasteiger partial charge >= 0.3 is 0 Å². The van der Waals surface area contributed by atoms with Crippen LogP contribution in [0.5, 0.6) is 0 Å². The zero-order chi connectivity index (χ0) is 16.6. The van der Waals surface area contributed by atoms with Crippen LogP contribution in [0, 0.1) is 0 Å². The van der Waals surface area contributed by atoms with Gasteiger partial charge in [0.15, 0.2) is 0 Å². The minimum absolute atomic E-state index is 0.183. The third-order valence-electron chi connectivity index (χ3n) is 3.55. The minimum Gasteiger partial charge on any atom is -0.383 e. The molecule has 2 heterocycles. The van der Waals surface area contributed by atoms with Gasteiger partial charge < -0.3 is 15.2 Å². The first-order valence-corrected chi connectivity index (χ1v) is 7.79. The van der Waals surface area contributed by atoms with Crippen molar-refractivity contribution in [2.45, 2.75) is 13.1 Å². The van der Waals surface area contributed by atoms with Crippen molar-refractivity contribution in [1.29, 1.82) is 0 Å². The molecule has 24 heavy (non-hydrogen) atoms. The quantitative estimate of drug-likeness (QED) is 0.700. The van der Waals surface area contributed by atoms with E-state index >= 15 is 0 Å². The first kappa shape index (κ1) is 15.7. The van der Waals surface area contributed by atoms with Crippen LogP contribution in [0.3, 0.4) is 0 Å². The van der Waals surface area contributed by atoms with Gasteiger partial charge in [-0.3, -0.25) is 9.78 Å². The van der Waals surface area contributed by atoms with Crippen LogP contribution in [0.2, 0.25) is 0 Å². The Morgan fingerprint density at radius 3 is 2.79 bits per heavy atom. The Kier molecular flexibility index (Phi) is 5.19. The summed E-state index contributed by atoms with van der Waals surface area (Å²) in [5.41, 5.74) is 2.33. The summed E-state index contributed by atoms with van der Waals surface area (Å²) in [5, 5.41) is 6.16. The largest absolute Gasteiger partial charge is 0.383 e. The zero-order valence-corrected chi connectivity index (χ0v) is 13.2. The van der Waals surface area contributed by atoms with Crippen LogP contribution < -0.4 is 10.6 Å². The number of anilines is 1. The van der Waals surface area contributed by atoms with Gasteiger partial charge in [0.2, 0.25) is 0 Å². The first-order chi connectivity index (χ1) is 11.8. The fraction of sp³-hybridized carbons (Fsp3) is 0.167. The highest BCUT2D eigenvalue weighted by Gasteiger charge is 2.07. The Morgan fingerprint density at radius 2 is 2.00 bits per heavy atom. The summed E-state index contributed by atoms with van der Waals surface area (Å²) in [6.07, 6.45) is 7.08. The molecule has 0 bridgehead atoms. The summed E-state index contributed by atoms with van der Waals surface area (Å²) in [6.45, 7) is 2.03. The van der Waals surface area contributed by atoms with E-state index in [4.69, 9.17) is 0 Å². The van der Waals surface area contributed by atoms with Gasteiger partial charge in [-0.2, -0.15) is 0 Å². The molecule has 0 aliphatic rings. The Labute approximate surface area is 140 Å². The number of pyridine rings is 1. The van der Waals surface area contributed by atoms with E-state index in [-0.39, 0.29) is 5.91 Å². The molecule has 0 spiro atoms. The summed E-state index contributed by atoms with van der Waals surface area (Å²) in [6, 6.07) is 13.4. The summed E-state index contributed by atoms with van der Waals surface area (Å²) in [7, 11) is 0. The predicted molar refractivity (Wildman–Crippen MR) is 92.6 cm³/mol. The normalized spacial score (nSPS) is 10.3. The van der Waals surface area contributed by atoms with Crippen LogP contribution in [-0.4, -0.2) is 27.0 Å². The first-order valence-electron chi connectivity index (χ1n) is 7.79. The number of imidazole rings is 1. The number of hydrogen-bond donors (Lipinski definition) is 2. The van der Waals surface area contributed by atoms with Crippen LogP contribution in [0.25, 0.3) is 0 Å². The molecule has 1 aromatic carbocycles. The van der Waals surface area contributed by atoms with Crippen molar-refractivity contribution in [3.8, 4) is 0 Å². The van der Waals surface area contributed by atoms with Crippen molar-refractivity contribution in [2.24, 2.45) is 0 Å². The number of hydrogen-bond acceptors (Lipinski definition) is 4. The molecule has 0 atom stereocenters. The second-order valence-electron chi connectivity index (χ2n) is 5.33. The molecule has 0 saturated carbocycles. The topological polar surface area (TPSA) is 71.8 Å². The molecule has 122 valence electrons. The number of rotatable bonds is 7. The molecule has 0 fully saturated rings. The predicted octanol–water partition coefficient (Wildman–Crippen LogP) is 2.32. The van der Waals surface area contributed by atoms with Gasteiger partial charge in [0.1, 0.15) is 5.69 Å². The second kappa shape index (κ2) is 7.92. The van der Waals surface area contributed by atoms with Gasteiger partial charge in [0, 0.05) is 43.9 Å². The van der Waals surface area contributed by atoms with E-state index < -0.39 is 0 Å². The van der Waals surface area contributed by atoms with Crippen molar-refractivity contribution in [1.82, 2.24) is 19.9 Å². The highest BCUT2D eigenvalue weighted by Crippen LogP contribution is 2.08. The third-order valence-corrected chi connectivity index (χ3v) is 3.55. The summed E-state index contributed by atoms with van der Waals surface area (Å²) in [4.78, 5) is 20.4. The van der Waals surface area contributed by atoms with E-state index in [1.54, 1.807) is 24.8 Å². The van der Waals surface area contributed by atoms with Gasteiger partial charge in [-0.25, -0.2) is 4.98 Å². The van der Waals surface area contributed by atoms with E-state index in [2.05, 4.69) is 20.6 Å². The van der Waals surface area contributed by atoms with Crippen molar-refractivity contribution >= 4 is 11.6 Å². The molecule has 3 aromatic rings. The van der Waals surface area contributed by atoms with Crippen LogP contribution in [0.15, 0.2) is 67.4 Å². The van der Waals surface area contributed by atoms with E-state index in [1.807, 2.05) is 47.2 Å². The van der Waals surface area contributed by atoms with E-state index in [0.717, 1.165) is 24.3 Å². The lowest BCUT2D eigenvalue weighted by molar-refractivity contribution is 0.0946. The zero-order valence-electron chi connectivity index (χ0n) is 13.2. The fourth-order valence-corrected chi connectivity index (χ4v) is 2.28. The smallest absolute Gasteiger partial charge is 0.270 e. The number of carbonyl (C=O) groups is 1. The molecule has 1 amide bonds. The van der Waals surface area contributed by atoms with Crippen molar-refractivity contribution < 1.29 is 4.79 Å². The lowest BCUT2D eigenvalue weighted by atomic mass is 10.2. The molecule has 2 aromatic heterocycles. The lowest BCUT2D eigenvalue weighted by Gasteiger charge is -2.09. The molecular formula is C18H19N5O. The van der Waals surface area contributed by atoms with Crippen molar-refractivity contribution in [3.05, 3.63) is 78.6 Å². The third kappa shape index (κ3) is 4.42. The molecule has 0 unspecified atom stereocenters. The fourth-order valence-electron chi connectivity index (χ4n) is 2.28. The SMILES string of the molecule is O=C(NCc1ccccc1)c1cc(NCCn2ccnc2)ccn1. The van der Waals surface area contributed by atoms with Crippen LogP contribution >= 0.6 is 0 Å². The minimum atomic E-state index is -0.183. The highest BCUT2D eigenvalue weighted by atomic mass is 16.1. The summed E-state index contributed by atoms with van der Waals surface area (Å²) in [5.74, 6) is -0.183. The number of benzene rings is 1. The second-order valence-corrected chi connectivity index (χ2v) is 5.33. The van der Waals surface area contributed by atoms with Gasteiger partial charge in [0.25, 0.3) is 5.91 Å². The van der Waals surface area contributed by atoms with Gasteiger partial charge in [-0.1, -0.05) is 30.3 Å². The maximum Gasteiger partial charge on any atom is 0.270 e. The maximum absolute atomic E-state index is 12.2. The average Bonchev–Trinajstić information content (AvgIpc) is 3.14. The van der Waals surface area contributed by atoms with Crippen molar-refractivity contribution in [3.63, 3.8) is 0 Å². The highest BCUT2D eigenvalue weighted by molar-refractivity contribution is 5.93. The van der Waals surface area contributed by atoms with Crippen molar-refractivity contribution in [2.75, 3.05) is 11.9 Å². The molecule has 0 radical (unpaired) electrons. The average molecular weight is 321 g/mol. The van der Waals surface area contributed by atoms with Crippen LogP contribution in [-0.2, 0) is 13.1 Å². The van der Waals surface area contributed by atoms with E-state index in [9.17, 15) is 4.79 Å². The lowest BCUT2D eigenvalue weighted by Crippen LogP contribution is -2.24. The Morgan fingerprint density at radius 1 is 1.12 bits per heavy atom. The number of nitrogens with one attached hydrogen (secondary N) is 2. The Hall–Kier alpha value is -3.15. The summed E-state index contributed by atoms with van der Waals surface area (Å²) >= 11 is 0.